The largest absolute Gasteiger partial charge is 0.459 e. The smallest absolute Gasteiger partial charge is 0.240 e. The Hall–Kier alpha value is -2.73. The van der Waals surface area contributed by atoms with Gasteiger partial charge in [-0.1, -0.05) is 48.5 Å². The molecule has 2 amide bonds. The van der Waals surface area contributed by atoms with Crippen LogP contribution in [0.1, 0.15) is 17.4 Å². The molecule has 1 aliphatic heterocycles. The second-order valence-electron chi connectivity index (χ2n) is 6.17. The third kappa shape index (κ3) is 3.46. The Balaban J connectivity index is 1.61. The molecule has 6 heteroatoms. The molecular weight excluding hydrogens is 348 g/mol. The van der Waals surface area contributed by atoms with E-state index in [2.05, 4.69) is 5.32 Å². The van der Waals surface area contributed by atoms with Crippen LogP contribution in [0.2, 0.25) is 0 Å². The number of nitrogens with zero attached hydrogens (tertiary/aromatic N) is 1. The zero-order chi connectivity index (χ0) is 17.9. The van der Waals surface area contributed by atoms with Crippen molar-refractivity contribution >= 4 is 34.5 Å². The predicted octanol–water partition coefficient (Wildman–Crippen LogP) is 3.17. The maximum atomic E-state index is 12.6. The molecule has 0 aliphatic carbocycles. The molecule has 132 valence electrons. The minimum atomic E-state index is -0.401. The molecule has 1 atom stereocenters. The quantitative estimate of drug-likeness (QED) is 0.753. The monoisotopic (exact) mass is 366 g/mol. The van der Waals surface area contributed by atoms with Gasteiger partial charge in [0.05, 0.1) is 11.6 Å². The lowest BCUT2D eigenvalue weighted by Crippen LogP contribution is -2.39. The summed E-state index contributed by atoms with van der Waals surface area (Å²) in [5.74, 6) is 1.49. The minimum Gasteiger partial charge on any atom is -0.459 e. The molecule has 3 aromatic rings. The lowest BCUT2D eigenvalue weighted by Gasteiger charge is -2.20. The Bertz CT molecular complexity index is 905. The van der Waals surface area contributed by atoms with Crippen molar-refractivity contribution in [3.63, 3.8) is 0 Å². The van der Waals surface area contributed by atoms with Crippen molar-refractivity contribution in [1.82, 2.24) is 10.2 Å². The van der Waals surface area contributed by atoms with Gasteiger partial charge in [0.1, 0.15) is 23.9 Å². The van der Waals surface area contributed by atoms with Gasteiger partial charge in [-0.05, 0) is 17.7 Å². The van der Waals surface area contributed by atoms with Gasteiger partial charge in [-0.2, -0.15) is 0 Å². The van der Waals surface area contributed by atoms with E-state index in [1.165, 1.54) is 11.8 Å². The number of benzene rings is 2. The Kier molecular flexibility index (Phi) is 4.67. The van der Waals surface area contributed by atoms with E-state index < -0.39 is 6.04 Å². The van der Waals surface area contributed by atoms with Crippen LogP contribution in [0.4, 0.5) is 0 Å². The van der Waals surface area contributed by atoms with Crippen molar-refractivity contribution in [3.8, 4) is 0 Å². The normalized spacial score (nSPS) is 15.4. The maximum absolute atomic E-state index is 12.6. The van der Waals surface area contributed by atoms with E-state index in [1.54, 1.807) is 4.90 Å². The molecule has 1 saturated heterocycles. The second-order valence-corrected chi connectivity index (χ2v) is 7.12. The summed E-state index contributed by atoms with van der Waals surface area (Å²) in [6.07, 6.45) is 0. The molecule has 0 unspecified atom stereocenters. The van der Waals surface area contributed by atoms with E-state index in [4.69, 9.17) is 4.42 Å². The first kappa shape index (κ1) is 16.7. The van der Waals surface area contributed by atoms with Gasteiger partial charge in [0.25, 0.3) is 0 Å². The van der Waals surface area contributed by atoms with Crippen LogP contribution in [0.5, 0.6) is 0 Å². The highest BCUT2D eigenvalue weighted by Gasteiger charge is 2.26. The molecule has 0 radical (unpaired) electrons. The highest BCUT2D eigenvalue weighted by Crippen LogP contribution is 2.28. The van der Waals surface area contributed by atoms with Crippen LogP contribution < -0.4 is 5.32 Å². The molecule has 1 N–H and O–H groups in total. The van der Waals surface area contributed by atoms with Gasteiger partial charge >= 0.3 is 0 Å². The fraction of sp³-hybridized carbons (Fsp3) is 0.200. The first-order valence-electron chi connectivity index (χ1n) is 8.39. The first-order valence-corrected chi connectivity index (χ1v) is 9.54. The summed E-state index contributed by atoms with van der Waals surface area (Å²) in [7, 11) is 0. The standard InChI is InChI=1S/C20H18N2O3S/c23-18(11-22-13-26-12-19(22)24)21-20(14-6-2-1-3-7-14)17-10-15-8-4-5-9-16(15)25-17/h1-10,20H,11-13H2,(H,21,23)/t20-/m1/s1. The third-order valence-corrected chi connectivity index (χ3v) is 5.27. The molecule has 1 aromatic heterocycles. The van der Waals surface area contributed by atoms with Crippen molar-refractivity contribution in [2.45, 2.75) is 6.04 Å². The highest BCUT2D eigenvalue weighted by atomic mass is 32.2. The van der Waals surface area contributed by atoms with Gasteiger partial charge in [-0.15, -0.1) is 11.8 Å². The van der Waals surface area contributed by atoms with Crippen molar-refractivity contribution in [2.75, 3.05) is 18.2 Å². The van der Waals surface area contributed by atoms with Crippen molar-refractivity contribution in [2.24, 2.45) is 0 Å². The SMILES string of the molecule is O=C(CN1CSCC1=O)N[C@H](c1ccccc1)c1cc2ccccc2o1. The van der Waals surface area contributed by atoms with Crippen LogP contribution >= 0.6 is 11.8 Å². The number of carbonyl (C=O) groups is 2. The second kappa shape index (κ2) is 7.25. The molecule has 2 aromatic carbocycles. The van der Waals surface area contributed by atoms with Crippen molar-refractivity contribution in [3.05, 3.63) is 72.0 Å². The molecule has 4 rings (SSSR count). The van der Waals surface area contributed by atoms with Gasteiger partial charge in [-0.25, -0.2) is 0 Å². The van der Waals surface area contributed by atoms with E-state index in [1.807, 2.05) is 60.7 Å². The summed E-state index contributed by atoms with van der Waals surface area (Å²) in [6, 6.07) is 19.0. The van der Waals surface area contributed by atoms with Gasteiger partial charge < -0.3 is 14.6 Å². The number of rotatable bonds is 5. The fourth-order valence-corrected chi connectivity index (χ4v) is 3.93. The minimum absolute atomic E-state index is 0.00477. The number of nitrogens with one attached hydrogen (secondary N) is 1. The molecule has 5 nitrogen and oxygen atoms in total. The van der Waals surface area contributed by atoms with Gasteiger partial charge in [0, 0.05) is 5.39 Å². The number of amides is 2. The van der Waals surface area contributed by atoms with E-state index in [0.29, 0.717) is 17.4 Å². The Morgan fingerprint density at radius 1 is 1.15 bits per heavy atom. The molecule has 1 fully saturated rings. The number of furan rings is 1. The number of carbonyl (C=O) groups excluding carboxylic acids is 2. The fourth-order valence-electron chi connectivity index (χ4n) is 3.03. The molecule has 0 saturated carbocycles. The van der Waals surface area contributed by atoms with Crippen LogP contribution in [0.25, 0.3) is 11.0 Å². The summed E-state index contributed by atoms with van der Waals surface area (Å²) < 4.78 is 5.98. The molecule has 1 aliphatic rings. The maximum Gasteiger partial charge on any atom is 0.240 e. The topological polar surface area (TPSA) is 62.6 Å². The van der Waals surface area contributed by atoms with Crippen LogP contribution in [0.15, 0.2) is 65.1 Å². The molecule has 0 spiro atoms. The van der Waals surface area contributed by atoms with Crippen molar-refractivity contribution < 1.29 is 14.0 Å². The summed E-state index contributed by atoms with van der Waals surface area (Å²) in [6.45, 7) is 0.0649. The molecule has 26 heavy (non-hydrogen) atoms. The zero-order valence-corrected chi connectivity index (χ0v) is 14.9. The average Bonchev–Trinajstić information content (AvgIpc) is 3.26. The molecule has 0 bridgehead atoms. The lowest BCUT2D eigenvalue weighted by molar-refractivity contribution is -0.132. The number of para-hydroxylation sites is 1. The van der Waals surface area contributed by atoms with Gasteiger partial charge in [0.15, 0.2) is 0 Å². The van der Waals surface area contributed by atoms with Crippen LogP contribution in [0.3, 0.4) is 0 Å². The highest BCUT2D eigenvalue weighted by molar-refractivity contribution is 8.00. The lowest BCUT2D eigenvalue weighted by atomic mass is 10.0. The number of thioether (sulfide) groups is 1. The predicted molar refractivity (Wildman–Crippen MR) is 102 cm³/mol. The Labute approximate surface area is 155 Å². The van der Waals surface area contributed by atoms with E-state index in [0.717, 1.165) is 16.5 Å². The van der Waals surface area contributed by atoms with Crippen LogP contribution in [0, 0.1) is 0 Å². The number of hydrogen-bond acceptors (Lipinski definition) is 4. The van der Waals surface area contributed by atoms with E-state index in [-0.39, 0.29) is 18.4 Å². The summed E-state index contributed by atoms with van der Waals surface area (Å²) in [5.41, 5.74) is 1.71. The summed E-state index contributed by atoms with van der Waals surface area (Å²) in [5, 5.41) is 4.01. The first-order chi connectivity index (χ1) is 12.7. The van der Waals surface area contributed by atoms with E-state index in [9.17, 15) is 9.59 Å². The third-order valence-electron chi connectivity index (χ3n) is 4.33. The number of fused-ring (bicyclic) bond motifs is 1. The number of hydrogen-bond donors (Lipinski definition) is 1. The van der Waals surface area contributed by atoms with Gasteiger partial charge in [-0.3, -0.25) is 9.59 Å². The van der Waals surface area contributed by atoms with Crippen molar-refractivity contribution in [1.29, 1.82) is 0 Å². The molecular formula is C20H18N2O3S. The summed E-state index contributed by atoms with van der Waals surface area (Å²) >= 11 is 1.52. The average molecular weight is 366 g/mol. The van der Waals surface area contributed by atoms with E-state index >= 15 is 0 Å². The van der Waals surface area contributed by atoms with Crippen LogP contribution in [-0.4, -0.2) is 34.9 Å². The van der Waals surface area contributed by atoms with Gasteiger partial charge in [0.2, 0.25) is 11.8 Å². The zero-order valence-electron chi connectivity index (χ0n) is 14.1. The Morgan fingerprint density at radius 2 is 1.92 bits per heavy atom. The Morgan fingerprint density at radius 3 is 2.65 bits per heavy atom. The summed E-state index contributed by atoms with van der Waals surface area (Å²) in [4.78, 5) is 25.9. The molecule has 2 heterocycles. The van der Waals surface area contributed by atoms with Crippen LogP contribution in [-0.2, 0) is 9.59 Å².